The number of para-hydroxylation sites is 1. The number of rotatable bonds is 4. The Morgan fingerprint density at radius 1 is 0.712 bits per heavy atom. The van der Waals surface area contributed by atoms with Gasteiger partial charge in [-0.2, -0.15) is 0 Å². The third kappa shape index (κ3) is 4.45. The Morgan fingerprint density at radius 2 is 1.40 bits per heavy atom. The van der Waals surface area contributed by atoms with E-state index < -0.39 is 5.60 Å². The Bertz CT molecular complexity index is 2510. The smallest absolute Gasteiger partial charge is 0.178 e. The maximum absolute atomic E-state index is 7.73. The van der Waals surface area contributed by atoms with E-state index in [9.17, 15) is 0 Å². The van der Waals surface area contributed by atoms with Crippen molar-refractivity contribution in [1.82, 2.24) is 9.47 Å². The van der Waals surface area contributed by atoms with Crippen LogP contribution in [0, 0.1) is 5.92 Å². The number of benzene rings is 6. The van der Waals surface area contributed by atoms with E-state index in [4.69, 9.17) is 14.2 Å². The first-order valence-electron chi connectivity index (χ1n) is 18.5. The van der Waals surface area contributed by atoms with Gasteiger partial charge in [0.15, 0.2) is 5.60 Å². The summed E-state index contributed by atoms with van der Waals surface area (Å²) in [5, 5.41) is 4.92. The molecule has 258 valence electrons. The number of fused-ring (bicyclic) bond motifs is 13. The summed E-state index contributed by atoms with van der Waals surface area (Å²) in [5.74, 6) is 3.07. The summed E-state index contributed by atoms with van der Waals surface area (Å²) in [6, 6.07) is 39.7. The van der Waals surface area contributed by atoms with Crippen molar-refractivity contribution < 1.29 is 14.2 Å². The summed E-state index contributed by atoms with van der Waals surface area (Å²) in [6.45, 7) is 1.08. The highest BCUT2D eigenvalue weighted by Crippen LogP contribution is 2.56. The first-order chi connectivity index (χ1) is 25.5. The second-order valence-electron chi connectivity index (χ2n) is 14.8. The zero-order chi connectivity index (χ0) is 35.1. The van der Waals surface area contributed by atoms with Gasteiger partial charge in [0.1, 0.15) is 17.2 Å². The van der Waals surface area contributed by atoms with Crippen LogP contribution in [0.1, 0.15) is 46.7 Å². The molecule has 0 N–H and O–H groups in total. The summed E-state index contributed by atoms with van der Waals surface area (Å²) in [4.78, 5) is 2.62. The van der Waals surface area contributed by atoms with E-state index in [1.165, 1.54) is 67.9 Å². The van der Waals surface area contributed by atoms with Crippen LogP contribution >= 0.6 is 0 Å². The molecule has 10 rings (SSSR count). The van der Waals surface area contributed by atoms with Crippen molar-refractivity contribution in [3.8, 4) is 28.4 Å². The molecule has 52 heavy (non-hydrogen) atoms. The number of hydrogen-bond acceptors (Lipinski definition) is 4. The standard InChI is InChI=1S/C47H42N2O3/c1-48-25-9-11-30-26-29-10-5-6-12-35(29)43-39-27-38-36-13-7-8-14-41(36)49(2)42(38)28-40(39)46-37(44(43)45(30)48)23-24-47(52-46,31-15-19-33(50-3)20-16-31)32-17-21-34(51-4)22-18-32/h5-8,10,12-24,27-28,30,45H,9,11,25-26H2,1-4H3. The highest BCUT2D eigenvalue weighted by molar-refractivity contribution is 6.17. The molecule has 0 bridgehead atoms. The Morgan fingerprint density at radius 3 is 2.13 bits per heavy atom. The fraction of sp³-hybridized carbons (Fsp3) is 0.234. The number of aromatic nitrogens is 1. The zero-order valence-electron chi connectivity index (χ0n) is 30.1. The molecule has 5 heteroatoms. The summed E-state index contributed by atoms with van der Waals surface area (Å²) in [6.07, 6.45) is 8.16. The lowest BCUT2D eigenvalue weighted by Crippen LogP contribution is -2.38. The lowest BCUT2D eigenvalue weighted by molar-refractivity contribution is 0.120. The molecule has 7 aromatic rings. The minimum absolute atomic E-state index is 0.264. The second kappa shape index (κ2) is 11.8. The van der Waals surface area contributed by atoms with Gasteiger partial charge in [-0.25, -0.2) is 0 Å². The highest BCUT2D eigenvalue weighted by Gasteiger charge is 2.43. The van der Waals surface area contributed by atoms with Crippen LogP contribution in [0.3, 0.4) is 0 Å². The molecular formula is C47H42N2O3. The van der Waals surface area contributed by atoms with E-state index in [1.54, 1.807) is 14.2 Å². The van der Waals surface area contributed by atoms with E-state index in [0.29, 0.717) is 5.92 Å². The summed E-state index contributed by atoms with van der Waals surface area (Å²) < 4.78 is 21.3. The number of methoxy groups -OCH3 is 2. The van der Waals surface area contributed by atoms with E-state index in [-0.39, 0.29) is 6.04 Å². The van der Waals surface area contributed by atoms with Gasteiger partial charge in [0.2, 0.25) is 0 Å². The number of nitrogens with zero attached hydrogens (tertiary/aromatic N) is 2. The van der Waals surface area contributed by atoms with Gasteiger partial charge in [0, 0.05) is 57.0 Å². The van der Waals surface area contributed by atoms with Crippen LogP contribution in [-0.2, 0) is 19.1 Å². The normalized spacial score (nSPS) is 19.0. The minimum Gasteiger partial charge on any atom is -0.497 e. The third-order valence-electron chi connectivity index (χ3n) is 12.2. The molecule has 3 heterocycles. The van der Waals surface area contributed by atoms with Crippen molar-refractivity contribution in [2.45, 2.75) is 30.9 Å². The SMILES string of the molecule is COc1ccc(C2(c3ccc(OC)cc3)C=Cc3c4c(c5cc6c7ccccc7n(C)c6cc5c3O2)-c2ccccc2CC2CCCN(C)C42)cc1. The predicted molar refractivity (Wildman–Crippen MR) is 212 cm³/mol. The number of likely N-dealkylation sites (tertiary alicyclic amines) is 1. The molecule has 5 nitrogen and oxygen atoms in total. The van der Waals surface area contributed by atoms with Crippen molar-refractivity contribution in [3.63, 3.8) is 0 Å². The molecule has 2 aliphatic heterocycles. The van der Waals surface area contributed by atoms with Crippen molar-refractivity contribution in [1.29, 1.82) is 0 Å². The molecule has 1 aromatic heterocycles. The molecule has 3 aliphatic rings. The van der Waals surface area contributed by atoms with Crippen molar-refractivity contribution in [2.75, 3.05) is 27.8 Å². The number of ether oxygens (including phenoxy) is 3. The van der Waals surface area contributed by atoms with Gasteiger partial charge in [-0.1, -0.05) is 72.8 Å². The Kier molecular flexibility index (Phi) is 7.06. The predicted octanol–water partition coefficient (Wildman–Crippen LogP) is 10.5. The fourth-order valence-corrected chi connectivity index (χ4v) is 9.72. The molecule has 1 fully saturated rings. The van der Waals surface area contributed by atoms with Crippen LogP contribution in [0.2, 0.25) is 0 Å². The van der Waals surface area contributed by atoms with Gasteiger partial charge in [-0.05, 0) is 115 Å². The molecule has 2 atom stereocenters. The average Bonchev–Trinajstić information content (AvgIpc) is 3.37. The van der Waals surface area contributed by atoms with Crippen LogP contribution in [0.4, 0.5) is 0 Å². The first kappa shape index (κ1) is 31.2. The molecule has 0 spiro atoms. The number of piperidine rings is 1. The Hall–Kier alpha value is -5.52. The molecular weight excluding hydrogens is 641 g/mol. The van der Waals surface area contributed by atoms with Gasteiger partial charge in [-0.15, -0.1) is 0 Å². The number of aryl methyl sites for hydroxylation is 1. The average molecular weight is 683 g/mol. The summed E-state index contributed by atoms with van der Waals surface area (Å²) in [5.41, 5.74) is 10.3. The third-order valence-corrected chi connectivity index (χ3v) is 12.2. The molecule has 6 aromatic carbocycles. The molecule has 0 saturated carbocycles. The Balaban J connectivity index is 1.35. The minimum atomic E-state index is -0.888. The molecule has 1 saturated heterocycles. The monoisotopic (exact) mass is 682 g/mol. The molecule has 1 aliphatic carbocycles. The van der Waals surface area contributed by atoms with Crippen molar-refractivity contribution >= 4 is 38.7 Å². The zero-order valence-corrected chi connectivity index (χ0v) is 30.1. The lowest BCUT2D eigenvalue weighted by atomic mass is 9.77. The van der Waals surface area contributed by atoms with E-state index in [2.05, 4.69) is 121 Å². The van der Waals surface area contributed by atoms with E-state index in [1.807, 2.05) is 24.3 Å². The van der Waals surface area contributed by atoms with Gasteiger partial charge in [0.05, 0.1) is 14.2 Å². The van der Waals surface area contributed by atoms with Crippen LogP contribution in [0.15, 0.2) is 115 Å². The maximum Gasteiger partial charge on any atom is 0.178 e. The quantitative estimate of drug-likeness (QED) is 0.185. The van der Waals surface area contributed by atoms with Crippen LogP contribution < -0.4 is 14.2 Å². The van der Waals surface area contributed by atoms with E-state index in [0.717, 1.165) is 46.7 Å². The van der Waals surface area contributed by atoms with Gasteiger partial charge in [-0.3, -0.25) is 4.90 Å². The van der Waals surface area contributed by atoms with Crippen LogP contribution in [0.25, 0.3) is 49.8 Å². The van der Waals surface area contributed by atoms with E-state index >= 15 is 0 Å². The van der Waals surface area contributed by atoms with Crippen molar-refractivity contribution in [3.05, 3.63) is 143 Å². The second-order valence-corrected chi connectivity index (χ2v) is 14.8. The molecule has 2 unspecified atom stereocenters. The first-order valence-corrected chi connectivity index (χ1v) is 18.5. The maximum atomic E-state index is 7.73. The highest BCUT2D eigenvalue weighted by atomic mass is 16.5. The number of hydrogen-bond donors (Lipinski definition) is 0. The van der Waals surface area contributed by atoms with Crippen LogP contribution in [0.5, 0.6) is 17.2 Å². The fourth-order valence-electron chi connectivity index (χ4n) is 9.72. The van der Waals surface area contributed by atoms with Crippen LogP contribution in [-0.4, -0.2) is 37.3 Å². The largest absolute Gasteiger partial charge is 0.497 e. The lowest BCUT2D eigenvalue weighted by Gasteiger charge is -2.42. The molecule has 0 amide bonds. The van der Waals surface area contributed by atoms with Crippen molar-refractivity contribution in [2.24, 2.45) is 13.0 Å². The van der Waals surface area contributed by atoms with Gasteiger partial charge < -0.3 is 18.8 Å². The summed E-state index contributed by atoms with van der Waals surface area (Å²) in [7, 11) is 7.93. The topological polar surface area (TPSA) is 35.9 Å². The summed E-state index contributed by atoms with van der Waals surface area (Å²) >= 11 is 0. The molecule has 0 radical (unpaired) electrons. The van der Waals surface area contributed by atoms with Gasteiger partial charge in [0.25, 0.3) is 0 Å². The van der Waals surface area contributed by atoms with Gasteiger partial charge >= 0.3 is 0 Å². The Labute approximate surface area is 304 Å².